The first kappa shape index (κ1) is 12.2. The van der Waals surface area contributed by atoms with Crippen molar-refractivity contribution >= 4 is 11.4 Å². The highest BCUT2D eigenvalue weighted by Gasteiger charge is 2.17. The van der Waals surface area contributed by atoms with Crippen LogP contribution in [-0.2, 0) is 6.42 Å². The van der Waals surface area contributed by atoms with Gasteiger partial charge in [0.05, 0.1) is 23.7 Å². The van der Waals surface area contributed by atoms with E-state index in [0.717, 1.165) is 25.1 Å². The molecular weight excluding hydrogens is 236 g/mol. The van der Waals surface area contributed by atoms with Gasteiger partial charge in [-0.15, -0.1) is 0 Å². The molecule has 3 heteroatoms. The van der Waals surface area contributed by atoms with Crippen molar-refractivity contribution in [3.8, 4) is 0 Å². The predicted molar refractivity (Wildman–Crippen MR) is 76.6 cm³/mol. The van der Waals surface area contributed by atoms with Gasteiger partial charge in [0.1, 0.15) is 0 Å². The molecule has 0 aliphatic carbocycles. The lowest BCUT2D eigenvalue weighted by atomic mass is 10.0. The normalized spacial score (nSPS) is 16.0. The minimum Gasteiger partial charge on any atom is -0.387 e. The summed E-state index contributed by atoms with van der Waals surface area (Å²) < 4.78 is 0. The van der Waals surface area contributed by atoms with Crippen LogP contribution in [0.2, 0.25) is 0 Å². The van der Waals surface area contributed by atoms with Gasteiger partial charge in [0.15, 0.2) is 0 Å². The number of benzene rings is 1. The molecule has 1 aliphatic rings. The molecule has 0 bridgehead atoms. The van der Waals surface area contributed by atoms with Gasteiger partial charge >= 0.3 is 0 Å². The van der Waals surface area contributed by atoms with Gasteiger partial charge in [-0.3, -0.25) is 4.98 Å². The van der Waals surface area contributed by atoms with Crippen molar-refractivity contribution in [2.45, 2.75) is 25.9 Å². The van der Waals surface area contributed by atoms with Crippen LogP contribution >= 0.6 is 0 Å². The Morgan fingerprint density at radius 1 is 1.21 bits per heavy atom. The second-order valence-electron chi connectivity index (χ2n) is 5.00. The first-order valence-electron chi connectivity index (χ1n) is 6.75. The van der Waals surface area contributed by atoms with Crippen LogP contribution in [0.5, 0.6) is 0 Å². The lowest BCUT2D eigenvalue weighted by Crippen LogP contribution is -2.24. The molecule has 3 nitrogen and oxygen atoms in total. The quantitative estimate of drug-likeness (QED) is 0.894. The molecule has 1 N–H and O–H groups in total. The van der Waals surface area contributed by atoms with Crippen molar-refractivity contribution in [2.24, 2.45) is 0 Å². The molecule has 0 unspecified atom stereocenters. The number of hydrogen-bond acceptors (Lipinski definition) is 3. The molecular formula is C16H18N2O. The Bertz CT molecular complexity index is 563. The van der Waals surface area contributed by atoms with Crippen molar-refractivity contribution in [1.29, 1.82) is 0 Å². The van der Waals surface area contributed by atoms with Gasteiger partial charge in [-0.25, -0.2) is 0 Å². The molecule has 1 aliphatic heterocycles. The van der Waals surface area contributed by atoms with E-state index in [4.69, 9.17) is 0 Å². The van der Waals surface area contributed by atoms with Gasteiger partial charge in [-0.05, 0) is 43.5 Å². The Morgan fingerprint density at radius 2 is 2.05 bits per heavy atom. The third-order valence-corrected chi connectivity index (χ3v) is 3.62. The lowest BCUT2D eigenvalue weighted by Gasteiger charge is -2.31. The number of pyridine rings is 1. The van der Waals surface area contributed by atoms with Crippen molar-refractivity contribution in [2.75, 3.05) is 11.4 Å². The topological polar surface area (TPSA) is 36.4 Å². The van der Waals surface area contributed by atoms with Crippen molar-refractivity contribution in [1.82, 2.24) is 4.98 Å². The number of aryl methyl sites for hydroxylation is 1. The largest absolute Gasteiger partial charge is 0.387 e. The van der Waals surface area contributed by atoms with E-state index in [-0.39, 0.29) is 0 Å². The Hall–Kier alpha value is -1.87. The molecule has 98 valence electrons. The Labute approximate surface area is 113 Å². The van der Waals surface area contributed by atoms with Crippen LogP contribution in [0.3, 0.4) is 0 Å². The minimum absolute atomic E-state index is 0.511. The summed E-state index contributed by atoms with van der Waals surface area (Å²) in [5.74, 6) is 0. The van der Waals surface area contributed by atoms with Gasteiger partial charge in [-0.2, -0.15) is 0 Å². The maximum atomic E-state index is 9.51. The number of anilines is 2. The lowest BCUT2D eigenvalue weighted by molar-refractivity contribution is 0.194. The first-order chi connectivity index (χ1) is 9.25. The van der Waals surface area contributed by atoms with E-state index in [1.54, 1.807) is 6.92 Å². The van der Waals surface area contributed by atoms with E-state index in [0.29, 0.717) is 5.69 Å². The second kappa shape index (κ2) is 5.02. The number of aromatic nitrogens is 1. The van der Waals surface area contributed by atoms with E-state index in [1.165, 1.54) is 11.3 Å². The highest BCUT2D eigenvalue weighted by Crippen LogP contribution is 2.32. The van der Waals surface area contributed by atoms with E-state index < -0.39 is 6.10 Å². The highest BCUT2D eigenvalue weighted by atomic mass is 16.3. The maximum absolute atomic E-state index is 9.51. The van der Waals surface area contributed by atoms with Crippen LogP contribution in [0, 0.1) is 0 Å². The Morgan fingerprint density at radius 3 is 2.79 bits per heavy atom. The average Bonchev–Trinajstić information content (AvgIpc) is 2.47. The SMILES string of the molecule is C[C@@H](O)c1ccc(N2CCCc3ccccc32)cn1. The van der Waals surface area contributed by atoms with Gasteiger partial charge < -0.3 is 10.0 Å². The zero-order valence-corrected chi connectivity index (χ0v) is 11.1. The van der Waals surface area contributed by atoms with Crippen LogP contribution in [0.15, 0.2) is 42.6 Å². The molecule has 1 aromatic heterocycles. The van der Waals surface area contributed by atoms with Gasteiger partial charge in [0, 0.05) is 12.2 Å². The second-order valence-corrected chi connectivity index (χ2v) is 5.00. The summed E-state index contributed by atoms with van der Waals surface area (Å²) in [6.45, 7) is 2.75. The van der Waals surface area contributed by atoms with Crippen LogP contribution in [0.4, 0.5) is 11.4 Å². The summed E-state index contributed by atoms with van der Waals surface area (Å²) in [4.78, 5) is 6.64. The molecule has 0 saturated carbocycles. The predicted octanol–water partition coefficient (Wildman–Crippen LogP) is 3.22. The number of fused-ring (bicyclic) bond motifs is 1. The molecule has 1 aromatic carbocycles. The Kier molecular flexibility index (Phi) is 3.22. The maximum Gasteiger partial charge on any atom is 0.0931 e. The fourth-order valence-electron chi connectivity index (χ4n) is 2.61. The molecule has 1 atom stereocenters. The van der Waals surface area contributed by atoms with E-state index in [2.05, 4.69) is 34.1 Å². The monoisotopic (exact) mass is 254 g/mol. The standard InChI is InChI=1S/C16H18N2O/c1-12(19)15-9-8-14(11-17-15)18-10-4-6-13-5-2-3-7-16(13)18/h2-3,5,7-9,11-12,19H,4,6,10H2,1H3/t12-/m1/s1. The minimum atomic E-state index is -0.511. The van der Waals surface area contributed by atoms with Gasteiger partial charge in [0.2, 0.25) is 0 Å². The number of rotatable bonds is 2. The number of hydrogen-bond donors (Lipinski definition) is 1. The summed E-state index contributed by atoms with van der Waals surface area (Å²) in [5, 5.41) is 9.51. The van der Waals surface area contributed by atoms with Crippen molar-refractivity contribution in [3.05, 3.63) is 53.9 Å². The highest BCUT2D eigenvalue weighted by molar-refractivity contribution is 5.67. The number of aliphatic hydroxyl groups excluding tert-OH is 1. The molecule has 0 saturated heterocycles. The molecule has 19 heavy (non-hydrogen) atoms. The molecule has 3 rings (SSSR count). The number of para-hydroxylation sites is 1. The number of nitrogens with zero attached hydrogens (tertiary/aromatic N) is 2. The zero-order chi connectivity index (χ0) is 13.2. The van der Waals surface area contributed by atoms with E-state index >= 15 is 0 Å². The fraction of sp³-hybridized carbons (Fsp3) is 0.312. The average molecular weight is 254 g/mol. The number of aliphatic hydroxyl groups is 1. The molecule has 0 amide bonds. The summed E-state index contributed by atoms with van der Waals surface area (Å²) in [6.07, 6.45) is 3.65. The van der Waals surface area contributed by atoms with Crippen molar-refractivity contribution in [3.63, 3.8) is 0 Å². The van der Waals surface area contributed by atoms with Crippen LogP contribution in [-0.4, -0.2) is 16.6 Å². The molecule has 0 fully saturated rings. The first-order valence-corrected chi connectivity index (χ1v) is 6.75. The summed E-state index contributed by atoms with van der Waals surface area (Å²) in [7, 11) is 0. The fourth-order valence-corrected chi connectivity index (χ4v) is 2.61. The molecule has 0 radical (unpaired) electrons. The van der Waals surface area contributed by atoms with E-state index in [9.17, 15) is 5.11 Å². The Balaban J connectivity index is 1.95. The molecule has 2 aromatic rings. The molecule has 0 spiro atoms. The summed E-state index contributed by atoms with van der Waals surface area (Å²) in [5.41, 5.74) is 4.49. The third-order valence-electron chi connectivity index (χ3n) is 3.62. The molecule has 2 heterocycles. The summed E-state index contributed by atoms with van der Waals surface area (Å²) in [6, 6.07) is 12.5. The van der Waals surface area contributed by atoms with Gasteiger partial charge in [-0.1, -0.05) is 18.2 Å². The van der Waals surface area contributed by atoms with Crippen LogP contribution in [0.1, 0.15) is 30.7 Å². The third kappa shape index (κ3) is 2.34. The van der Waals surface area contributed by atoms with Gasteiger partial charge in [0.25, 0.3) is 0 Å². The van der Waals surface area contributed by atoms with Crippen LogP contribution < -0.4 is 4.90 Å². The smallest absolute Gasteiger partial charge is 0.0931 e. The van der Waals surface area contributed by atoms with Crippen LogP contribution in [0.25, 0.3) is 0 Å². The zero-order valence-electron chi connectivity index (χ0n) is 11.1. The van der Waals surface area contributed by atoms with Crippen molar-refractivity contribution < 1.29 is 5.11 Å². The summed E-state index contributed by atoms with van der Waals surface area (Å²) >= 11 is 0. The van der Waals surface area contributed by atoms with E-state index in [1.807, 2.05) is 18.3 Å².